The zero-order valence-corrected chi connectivity index (χ0v) is 21.4. The number of halogens is 2. The molecule has 184 valence electrons. The van der Waals surface area contributed by atoms with Crippen LogP contribution in [-0.2, 0) is 0 Å². The minimum Gasteiger partial charge on any atom is -0.366 e. The van der Waals surface area contributed by atoms with Crippen molar-refractivity contribution in [3.05, 3.63) is 40.3 Å². The van der Waals surface area contributed by atoms with Crippen molar-refractivity contribution in [3.8, 4) is 5.69 Å². The second-order valence-electron chi connectivity index (χ2n) is 10.5. The van der Waals surface area contributed by atoms with Crippen molar-refractivity contribution in [2.45, 2.75) is 75.9 Å². The number of nitrogens with one attached hydrogen (secondary N) is 2. The van der Waals surface area contributed by atoms with E-state index in [1.807, 2.05) is 18.2 Å². The highest BCUT2D eigenvalue weighted by Gasteiger charge is 2.43. The number of fused-ring (bicyclic) bond motifs is 1. The molecule has 2 saturated heterocycles. The highest BCUT2D eigenvalue weighted by atomic mass is 35.5. The van der Waals surface area contributed by atoms with Gasteiger partial charge >= 0.3 is 0 Å². The number of anilines is 3. The van der Waals surface area contributed by atoms with Crippen LogP contribution in [-0.4, -0.2) is 59.2 Å². The van der Waals surface area contributed by atoms with Gasteiger partial charge in [0.05, 0.1) is 16.9 Å². The molecular weight excluding hydrogens is 485 g/mol. The summed E-state index contributed by atoms with van der Waals surface area (Å²) < 4.78 is 1.72. The Morgan fingerprint density at radius 3 is 2.80 bits per heavy atom. The SMILES string of the molecule is CC1(C)CC(Nc2nc(Nc3ccc(Cl)c(-n4nnnc4C4CC4)c3)ncc2Cl)CC2CCCN21. The summed E-state index contributed by atoms with van der Waals surface area (Å²) in [6.45, 7) is 5.87. The molecule has 35 heavy (non-hydrogen) atoms. The molecule has 11 heteroatoms. The second-order valence-corrected chi connectivity index (χ2v) is 11.3. The topological polar surface area (TPSA) is 96.7 Å². The van der Waals surface area contributed by atoms with Gasteiger partial charge in [-0.1, -0.05) is 23.2 Å². The first kappa shape index (κ1) is 22.9. The van der Waals surface area contributed by atoms with E-state index in [0.29, 0.717) is 39.8 Å². The monoisotopic (exact) mass is 513 g/mol. The van der Waals surface area contributed by atoms with Crippen LogP contribution in [0.25, 0.3) is 5.69 Å². The summed E-state index contributed by atoms with van der Waals surface area (Å²) in [6, 6.07) is 6.55. The van der Waals surface area contributed by atoms with Crippen molar-refractivity contribution >= 4 is 40.7 Å². The molecule has 0 amide bonds. The molecule has 2 aliphatic heterocycles. The molecule has 9 nitrogen and oxygen atoms in total. The largest absolute Gasteiger partial charge is 0.366 e. The second kappa shape index (κ2) is 8.87. The Kier molecular flexibility index (Phi) is 5.81. The first-order valence-electron chi connectivity index (χ1n) is 12.3. The minimum atomic E-state index is 0.160. The van der Waals surface area contributed by atoms with Gasteiger partial charge in [0.2, 0.25) is 5.95 Å². The molecule has 2 aromatic heterocycles. The fourth-order valence-corrected chi connectivity index (χ4v) is 6.03. The molecule has 1 aromatic carbocycles. The van der Waals surface area contributed by atoms with Crippen LogP contribution in [0.4, 0.5) is 17.5 Å². The minimum absolute atomic E-state index is 0.160. The van der Waals surface area contributed by atoms with E-state index in [-0.39, 0.29) is 5.54 Å². The summed E-state index contributed by atoms with van der Waals surface area (Å²) in [7, 11) is 0. The lowest BCUT2D eigenvalue weighted by molar-refractivity contribution is 0.0501. The van der Waals surface area contributed by atoms with E-state index in [1.165, 1.54) is 19.4 Å². The lowest BCUT2D eigenvalue weighted by Gasteiger charge is -2.47. The lowest BCUT2D eigenvalue weighted by atomic mass is 9.84. The Bertz CT molecular complexity index is 1240. The smallest absolute Gasteiger partial charge is 0.229 e. The predicted molar refractivity (Wildman–Crippen MR) is 137 cm³/mol. The van der Waals surface area contributed by atoms with Crippen LogP contribution in [0.15, 0.2) is 24.4 Å². The predicted octanol–water partition coefficient (Wildman–Crippen LogP) is 5.20. The fourth-order valence-electron chi connectivity index (χ4n) is 5.69. The van der Waals surface area contributed by atoms with Crippen LogP contribution < -0.4 is 10.6 Å². The average Bonchev–Trinajstić information content (AvgIpc) is 3.33. The Hall–Kier alpha value is -2.49. The van der Waals surface area contributed by atoms with Gasteiger partial charge in [0, 0.05) is 29.2 Å². The summed E-state index contributed by atoms with van der Waals surface area (Å²) in [4.78, 5) is 11.8. The quantitative estimate of drug-likeness (QED) is 0.464. The number of hydrogen-bond donors (Lipinski definition) is 2. The van der Waals surface area contributed by atoms with Crippen LogP contribution in [0.3, 0.4) is 0 Å². The molecule has 6 rings (SSSR count). The molecule has 0 radical (unpaired) electrons. The van der Waals surface area contributed by atoms with E-state index in [2.05, 4.69) is 49.9 Å². The molecule has 2 atom stereocenters. The van der Waals surface area contributed by atoms with E-state index < -0.39 is 0 Å². The number of rotatable bonds is 6. The Morgan fingerprint density at radius 2 is 1.97 bits per heavy atom. The highest BCUT2D eigenvalue weighted by molar-refractivity contribution is 6.33. The molecule has 3 aromatic rings. The summed E-state index contributed by atoms with van der Waals surface area (Å²) in [5, 5.41) is 20.2. The van der Waals surface area contributed by atoms with Crippen molar-refractivity contribution in [2.24, 2.45) is 0 Å². The normalized spacial score (nSPS) is 23.8. The van der Waals surface area contributed by atoms with Gasteiger partial charge in [0.1, 0.15) is 5.02 Å². The number of benzene rings is 1. The number of aromatic nitrogens is 6. The van der Waals surface area contributed by atoms with Gasteiger partial charge in [0.15, 0.2) is 11.6 Å². The van der Waals surface area contributed by atoms with E-state index >= 15 is 0 Å². The number of tetrazole rings is 1. The maximum Gasteiger partial charge on any atom is 0.229 e. The summed E-state index contributed by atoms with van der Waals surface area (Å²) in [5.41, 5.74) is 1.67. The standard InChI is InChI=1S/C24H29Cl2N9/c1-24(2)12-16(10-17-4-3-9-34(17)24)28-21-19(26)13-27-23(30-21)29-15-7-8-18(25)20(11-15)35-22(14-5-6-14)31-32-33-35/h7-8,11,13-14,16-17H,3-6,9-10,12H2,1-2H3,(H2,27,28,29,30). The summed E-state index contributed by atoms with van der Waals surface area (Å²) in [6.07, 6.45) is 8.51. The Balaban J connectivity index is 1.21. The maximum atomic E-state index is 6.50. The van der Waals surface area contributed by atoms with Crippen molar-refractivity contribution < 1.29 is 0 Å². The van der Waals surface area contributed by atoms with Crippen molar-refractivity contribution in [3.63, 3.8) is 0 Å². The third-order valence-electron chi connectivity index (χ3n) is 7.41. The first-order chi connectivity index (χ1) is 16.9. The fraction of sp³-hybridized carbons (Fsp3) is 0.542. The number of nitrogens with zero attached hydrogens (tertiary/aromatic N) is 7. The van der Waals surface area contributed by atoms with Crippen LogP contribution in [0, 0.1) is 0 Å². The highest BCUT2D eigenvalue weighted by Crippen LogP contribution is 2.41. The third kappa shape index (κ3) is 4.57. The summed E-state index contributed by atoms with van der Waals surface area (Å²) in [5.74, 6) is 2.35. The molecule has 0 bridgehead atoms. The number of hydrogen-bond acceptors (Lipinski definition) is 8. The molecule has 1 saturated carbocycles. The van der Waals surface area contributed by atoms with Crippen LogP contribution in [0.5, 0.6) is 0 Å². The molecule has 3 aliphatic rings. The zero-order chi connectivity index (χ0) is 24.2. The lowest BCUT2D eigenvalue weighted by Crippen LogP contribution is -2.55. The first-order valence-corrected chi connectivity index (χ1v) is 13.0. The van der Waals surface area contributed by atoms with Crippen molar-refractivity contribution in [1.29, 1.82) is 0 Å². The van der Waals surface area contributed by atoms with Gasteiger partial charge in [-0.25, -0.2) is 4.98 Å². The van der Waals surface area contributed by atoms with Crippen LogP contribution in [0.2, 0.25) is 10.0 Å². The van der Waals surface area contributed by atoms with E-state index in [9.17, 15) is 0 Å². The number of piperidine rings is 1. The van der Waals surface area contributed by atoms with Crippen molar-refractivity contribution in [2.75, 3.05) is 17.2 Å². The Labute approximate surface area is 214 Å². The van der Waals surface area contributed by atoms with E-state index in [4.69, 9.17) is 28.2 Å². The van der Waals surface area contributed by atoms with Gasteiger partial charge in [-0.05, 0) is 87.5 Å². The van der Waals surface area contributed by atoms with Gasteiger partial charge in [-0.15, -0.1) is 5.10 Å². The molecule has 1 aliphatic carbocycles. The molecule has 2 unspecified atom stereocenters. The van der Waals surface area contributed by atoms with Gasteiger partial charge in [-0.2, -0.15) is 9.67 Å². The molecule has 3 fully saturated rings. The molecular formula is C24H29Cl2N9. The maximum absolute atomic E-state index is 6.50. The molecule has 2 N–H and O–H groups in total. The molecule has 0 spiro atoms. The van der Waals surface area contributed by atoms with Gasteiger partial charge < -0.3 is 10.6 Å². The molecule has 4 heterocycles. The van der Waals surface area contributed by atoms with Crippen molar-refractivity contribution in [1.82, 2.24) is 35.1 Å². The van der Waals surface area contributed by atoms with Crippen LogP contribution in [0.1, 0.15) is 64.1 Å². The average molecular weight is 514 g/mol. The zero-order valence-electron chi connectivity index (χ0n) is 19.9. The Morgan fingerprint density at radius 1 is 1.11 bits per heavy atom. The van der Waals surface area contributed by atoms with Gasteiger partial charge in [-0.3, -0.25) is 4.90 Å². The third-order valence-corrected chi connectivity index (χ3v) is 8.00. The van der Waals surface area contributed by atoms with Gasteiger partial charge in [0.25, 0.3) is 0 Å². The van der Waals surface area contributed by atoms with Crippen LogP contribution >= 0.6 is 23.2 Å². The van der Waals surface area contributed by atoms with E-state index in [0.717, 1.165) is 42.9 Å². The summed E-state index contributed by atoms with van der Waals surface area (Å²) >= 11 is 13.0. The van der Waals surface area contributed by atoms with E-state index in [1.54, 1.807) is 10.9 Å².